The molecule has 0 bridgehead atoms. The van der Waals surface area contributed by atoms with Gasteiger partial charge in [-0.05, 0) is 38.9 Å². The molecule has 0 saturated carbocycles. The quantitative estimate of drug-likeness (QED) is 0.799. The summed E-state index contributed by atoms with van der Waals surface area (Å²) in [4.78, 5) is 13.8. The Kier molecular flexibility index (Phi) is 5.38. The largest absolute Gasteiger partial charge is 0.466 e. The zero-order chi connectivity index (χ0) is 14.5. The van der Waals surface area contributed by atoms with Crippen molar-refractivity contribution in [1.82, 2.24) is 4.90 Å². The maximum atomic E-state index is 13.8. The molecule has 1 aromatic carbocycles. The molecule has 0 aromatic heterocycles. The molecule has 0 spiro atoms. The molecular formula is C15H19ClFNO2. The lowest BCUT2D eigenvalue weighted by Crippen LogP contribution is -2.36. The maximum Gasteiger partial charge on any atom is 0.309 e. The van der Waals surface area contributed by atoms with Crippen LogP contribution in [0.25, 0.3) is 0 Å². The highest BCUT2D eigenvalue weighted by Crippen LogP contribution is 2.23. The third kappa shape index (κ3) is 3.70. The van der Waals surface area contributed by atoms with E-state index < -0.39 is 0 Å². The van der Waals surface area contributed by atoms with Crippen LogP contribution in [0.4, 0.5) is 4.39 Å². The Morgan fingerprint density at radius 3 is 2.80 bits per heavy atom. The fourth-order valence-corrected chi connectivity index (χ4v) is 2.69. The molecule has 0 atom stereocenters. The first-order chi connectivity index (χ1) is 9.61. The Morgan fingerprint density at radius 2 is 2.15 bits per heavy atom. The minimum Gasteiger partial charge on any atom is -0.466 e. The predicted octanol–water partition coefficient (Wildman–Crippen LogP) is 3.25. The zero-order valence-corrected chi connectivity index (χ0v) is 12.3. The third-order valence-corrected chi connectivity index (χ3v) is 3.92. The van der Waals surface area contributed by atoms with Gasteiger partial charge in [0.2, 0.25) is 0 Å². The van der Waals surface area contributed by atoms with Gasteiger partial charge in [0.15, 0.2) is 0 Å². The molecule has 0 aliphatic carbocycles. The van der Waals surface area contributed by atoms with Crippen molar-refractivity contribution >= 4 is 17.6 Å². The van der Waals surface area contributed by atoms with E-state index in [1.807, 2.05) is 6.92 Å². The van der Waals surface area contributed by atoms with Gasteiger partial charge in [-0.2, -0.15) is 0 Å². The number of carbonyl (C=O) groups excluding carboxylic acids is 1. The van der Waals surface area contributed by atoms with Crippen molar-refractivity contribution < 1.29 is 13.9 Å². The van der Waals surface area contributed by atoms with E-state index in [9.17, 15) is 9.18 Å². The van der Waals surface area contributed by atoms with Gasteiger partial charge in [0.05, 0.1) is 17.5 Å². The van der Waals surface area contributed by atoms with Crippen LogP contribution in [-0.2, 0) is 16.1 Å². The lowest BCUT2D eigenvalue weighted by atomic mass is 9.96. The molecule has 1 aliphatic heterocycles. The standard InChI is InChI=1S/C15H19ClFNO2/c1-2-20-15(19)11-6-8-18(9-7-11)10-12-4-3-5-13(16)14(12)17/h3-5,11H,2,6-10H2,1H3. The molecule has 110 valence electrons. The summed E-state index contributed by atoms with van der Waals surface area (Å²) in [5, 5.41) is 0.156. The Labute approximate surface area is 123 Å². The van der Waals surface area contributed by atoms with Gasteiger partial charge < -0.3 is 4.74 Å². The van der Waals surface area contributed by atoms with Crippen molar-refractivity contribution in [3.63, 3.8) is 0 Å². The van der Waals surface area contributed by atoms with E-state index in [-0.39, 0.29) is 22.7 Å². The molecule has 1 fully saturated rings. The zero-order valence-electron chi connectivity index (χ0n) is 11.6. The summed E-state index contributed by atoms with van der Waals surface area (Å²) in [6, 6.07) is 5.05. The second kappa shape index (κ2) is 7.04. The average Bonchev–Trinajstić information content (AvgIpc) is 2.45. The van der Waals surface area contributed by atoms with Crippen LogP contribution < -0.4 is 0 Å². The number of carbonyl (C=O) groups is 1. The smallest absolute Gasteiger partial charge is 0.309 e. The van der Waals surface area contributed by atoms with E-state index in [2.05, 4.69) is 4.90 Å². The summed E-state index contributed by atoms with van der Waals surface area (Å²) in [5.74, 6) is -0.474. The topological polar surface area (TPSA) is 29.5 Å². The Bertz CT molecular complexity index is 473. The summed E-state index contributed by atoms with van der Waals surface area (Å²) < 4.78 is 18.9. The Balaban J connectivity index is 1.88. The maximum absolute atomic E-state index is 13.8. The predicted molar refractivity (Wildman–Crippen MR) is 76.0 cm³/mol. The van der Waals surface area contributed by atoms with Crippen molar-refractivity contribution in [3.05, 3.63) is 34.6 Å². The first kappa shape index (κ1) is 15.3. The molecule has 0 unspecified atom stereocenters. The summed E-state index contributed by atoms with van der Waals surface area (Å²) in [5.41, 5.74) is 0.604. The fourth-order valence-electron chi connectivity index (χ4n) is 2.50. The van der Waals surface area contributed by atoms with Gasteiger partial charge in [0.25, 0.3) is 0 Å². The van der Waals surface area contributed by atoms with Crippen molar-refractivity contribution in [3.8, 4) is 0 Å². The van der Waals surface area contributed by atoms with Crippen LogP contribution in [-0.4, -0.2) is 30.6 Å². The summed E-state index contributed by atoms with van der Waals surface area (Å²) >= 11 is 5.78. The van der Waals surface area contributed by atoms with Crippen molar-refractivity contribution in [2.75, 3.05) is 19.7 Å². The highest BCUT2D eigenvalue weighted by Gasteiger charge is 2.26. The Hall–Kier alpha value is -1.13. The molecule has 0 N–H and O–H groups in total. The minimum atomic E-state index is -0.346. The number of hydrogen-bond donors (Lipinski definition) is 0. The van der Waals surface area contributed by atoms with Gasteiger partial charge in [-0.25, -0.2) is 4.39 Å². The molecule has 1 heterocycles. The molecule has 1 saturated heterocycles. The van der Waals surface area contributed by atoms with Gasteiger partial charge in [-0.1, -0.05) is 23.7 Å². The van der Waals surface area contributed by atoms with Gasteiger partial charge in [-0.3, -0.25) is 9.69 Å². The SMILES string of the molecule is CCOC(=O)C1CCN(Cc2cccc(Cl)c2F)CC1. The average molecular weight is 300 g/mol. The van der Waals surface area contributed by atoms with Crippen LogP contribution in [0.5, 0.6) is 0 Å². The van der Waals surface area contributed by atoms with Crippen LogP contribution in [0.3, 0.4) is 0 Å². The van der Waals surface area contributed by atoms with E-state index in [0.29, 0.717) is 18.7 Å². The van der Waals surface area contributed by atoms with E-state index in [0.717, 1.165) is 25.9 Å². The lowest BCUT2D eigenvalue weighted by Gasteiger charge is -2.30. The number of piperidine rings is 1. The fraction of sp³-hybridized carbons (Fsp3) is 0.533. The highest BCUT2D eigenvalue weighted by molar-refractivity contribution is 6.30. The molecular weight excluding hydrogens is 281 g/mol. The second-order valence-corrected chi connectivity index (χ2v) is 5.42. The van der Waals surface area contributed by atoms with E-state index >= 15 is 0 Å². The normalized spacial score (nSPS) is 17.1. The van der Waals surface area contributed by atoms with Gasteiger partial charge in [0, 0.05) is 12.1 Å². The number of nitrogens with zero attached hydrogens (tertiary/aromatic N) is 1. The molecule has 1 aromatic rings. The van der Waals surface area contributed by atoms with Crippen molar-refractivity contribution in [1.29, 1.82) is 0 Å². The summed E-state index contributed by atoms with van der Waals surface area (Å²) in [6.45, 7) is 4.31. The molecule has 2 rings (SSSR count). The van der Waals surface area contributed by atoms with Crippen molar-refractivity contribution in [2.24, 2.45) is 5.92 Å². The molecule has 5 heteroatoms. The number of hydrogen-bond acceptors (Lipinski definition) is 3. The van der Waals surface area contributed by atoms with Crippen molar-refractivity contribution in [2.45, 2.75) is 26.3 Å². The molecule has 3 nitrogen and oxygen atoms in total. The first-order valence-electron chi connectivity index (χ1n) is 6.93. The summed E-state index contributed by atoms with van der Waals surface area (Å²) in [7, 11) is 0. The number of ether oxygens (including phenoxy) is 1. The Morgan fingerprint density at radius 1 is 1.45 bits per heavy atom. The van der Waals surface area contributed by atoms with Gasteiger partial charge in [0.1, 0.15) is 5.82 Å². The van der Waals surface area contributed by atoms with E-state index in [1.54, 1.807) is 18.2 Å². The number of halogens is 2. The number of rotatable bonds is 4. The van der Waals surface area contributed by atoms with Crippen LogP contribution in [0.2, 0.25) is 5.02 Å². The van der Waals surface area contributed by atoms with Crippen LogP contribution >= 0.6 is 11.6 Å². The van der Waals surface area contributed by atoms with Crippen LogP contribution in [0, 0.1) is 11.7 Å². The van der Waals surface area contributed by atoms with Gasteiger partial charge in [-0.15, -0.1) is 0 Å². The van der Waals surface area contributed by atoms with Crippen LogP contribution in [0.1, 0.15) is 25.3 Å². The molecule has 0 amide bonds. The number of esters is 1. The summed E-state index contributed by atoms with van der Waals surface area (Å²) in [6.07, 6.45) is 1.53. The van der Waals surface area contributed by atoms with Crippen LogP contribution in [0.15, 0.2) is 18.2 Å². The number of benzene rings is 1. The third-order valence-electron chi connectivity index (χ3n) is 3.63. The number of likely N-dealkylation sites (tertiary alicyclic amines) is 1. The first-order valence-corrected chi connectivity index (χ1v) is 7.31. The second-order valence-electron chi connectivity index (χ2n) is 5.02. The minimum absolute atomic E-state index is 0.0181. The molecule has 1 aliphatic rings. The van der Waals surface area contributed by atoms with Gasteiger partial charge >= 0.3 is 5.97 Å². The molecule has 20 heavy (non-hydrogen) atoms. The monoisotopic (exact) mass is 299 g/mol. The molecule has 0 radical (unpaired) electrons. The van der Waals surface area contributed by atoms with E-state index in [4.69, 9.17) is 16.3 Å². The van der Waals surface area contributed by atoms with E-state index in [1.165, 1.54) is 0 Å². The highest BCUT2D eigenvalue weighted by atomic mass is 35.5. The lowest BCUT2D eigenvalue weighted by molar-refractivity contribution is -0.149.